The van der Waals surface area contributed by atoms with Gasteiger partial charge in [-0.25, -0.2) is 9.59 Å². The third-order valence-corrected chi connectivity index (χ3v) is 10.9. The Bertz CT molecular complexity index is 1640. The predicted molar refractivity (Wildman–Crippen MR) is 186 cm³/mol. The van der Waals surface area contributed by atoms with E-state index >= 15 is 0 Å². The number of nitrogens with zero attached hydrogens (tertiary/aromatic N) is 6. The lowest BCUT2D eigenvalue weighted by atomic mass is 10.0. The van der Waals surface area contributed by atoms with Gasteiger partial charge in [-0.1, -0.05) is 6.07 Å². The molecule has 13 nitrogen and oxygen atoms in total. The summed E-state index contributed by atoms with van der Waals surface area (Å²) in [6, 6.07) is 12.0. The summed E-state index contributed by atoms with van der Waals surface area (Å²) in [5, 5.41) is 11.1. The van der Waals surface area contributed by atoms with Crippen LogP contribution in [0.4, 0.5) is 15.3 Å². The van der Waals surface area contributed by atoms with Gasteiger partial charge >= 0.3 is 12.1 Å². The quantitative estimate of drug-likeness (QED) is 0.391. The van der Waals surface area contributed by atoms with Crippen LogP contribution in [0, 0.1) is 0 Å². The predicted octanol–water partition coefficient (Wildman–Crippen LogP) is 3.41. The number of rotatable bonds is 7. The number of aromatic amines is 1. The Hall–Kier alpha value is -4.36. The van der Waals surface area contributed by atoms with Gasteiger partial charge < -0.3 is 34.4 Å². The average Bonchev–Trinajstić information content (AvgIpc) is 3.53. The minimum absolute atomic E-state index is 0.000216. The largest absolute Gasteiger partial charge is 0.497 e. The normalized spacial score (nSPS) is 20.9. The molecule has 0 unspecified atom stereocenters. The van der Waals surface area contributed by atoms with Crippen molar-refractivity contribution in [1.82, 2.24) is 34.7 Å². The lowest BCUT2D eigenvalue weighted by Crippen LogP contribution is -2.56. The number of benzene rings is 2. The summed E-state index contributed by atoms with van der Waals surface area (Å²) < 4.78 is 11.5. The molecule has 4 aliphatic heterocycles. The first kappa shape index (κ1) is 33.2. The zero-order valence-corrected chi connectivity index (χ0v) is 28.6. The van der Waals surface area contributed by atoms with E-state index in [2.05, 4.69) is 32.4 Å². The lowest BCUT2D eigenvalue weighted by molar-refractivity contribution is -0.143. The zero-order chi connectivity index (χ0) is 33.9. The molecule has 4 amide bonds. The van der Waals surface area contributed by atoms with E-state index in [1.165, 1.54) is 0 Å². The molecule has 3 saturated heterocycles. The van der Waals surface area contributed by atoms with Crippen molar-refractivity contribution in [1.29, 1.82) is 0 Å². The zero-order valence-electron chi connectivity index (χ0n) is 28.6. The number of hydrogen-bond acceptors (Lipinski definition) is 8. The maximum Gasteiger partial charge on any atom is 0.410 e. The number of urea groups is 1. The molecular formula is C36H48N8O5. The monoisotopic (exact) mass is 672 g/mol. The van der Waals surface area contributed by atoms with Gasteiger partial charge in [-0.2, -0.15) is 5.10 Å². The SMILES string of the molecule is COc1ccc2c(c1)CCN(C1CCN(C(=O)O[C@H](Cc3ccc4[nH]ncc4c3)C(=O)N3CCN(C4CCN(C)CC4)CC3)CC1)C(=O)N2. The molecule has 13 heteroatoms. The maximum absolute atomic E-state index is 14.0. The number of aromatic nitrogens is 2. The van der Waals surface area contributed by atoms with E-state index in [0.29, 0.717) is 58.0 Å². The Morgan fingerprint density at radius 3 is 2.41 bits per heavy atom. The van der Waals surface area contributed by atoms with Gasteiger partial charge in [0, 0.05) is 75.4 Å². The number of methoxy groups -OCH3 is 1. The van der Waals surface area contributed by atoms with Crippen LogP contribution in [0.25, 0.3) is 10.9 Å². The number of carbonyl (C=O) groups is 3. The summed E-state index contributed by atoms with van der Waals surface area (Å²) in [7, 11) is 3.81. The van der Waals surface area contributed by atoms with Gasteiger partial charge in [0.25, 0.3) is 5.91 Å². The molecule has 49 heavy (non-hydrogen) atoms. The van der Waals surface area contributed by atoms with Crippen molar-refractivity contribution in [2.45, 2.75) is 56.7 Å². The summed E-state index contributed by atoms with van der Waals surface area (Å²) in [4.78, 5) is 51.3. The Balaban J connectivity index is 0.977. The fraction of sp³-hybridized carbons (Fsp3) is 0.556. The standard InChI is InChI=1S/C36H48N8O5/c1-40-12-8-28(9-13-40)41-17-19-42(20-18-41)34(45)33(22-25-3-5-32-27(21-25)24-37-39-32)49-36(47)43-14-10-29(11-15-43)44-16-7-26-23-30(48-2)4-6-31(26)38-35(44)46/h3-6,21,23-24,28-29,33H,7-20,22H2,1-2H3,(H,37,39)(H,38,46)/t33-/m1/s1. The third-order valence-electron chi connectivity index (χ3n) is 10.9. The smallest absolute Gasteiger partial charge is 0.410 e. The van der Waals surface area contributed by atoms with Crippen LogP contribution >= 0.6 is 0 Å². The van der Waals surface area contributed by atoms with Gasteiger partial charge in [0.1, 0.15) is 5.75 Å². The topological polar surface area (TPSA) is 127 Å². The number of nitrogens with one attached hydrogen (secondary N) is 2. The van der Waals surface area contributed by atoms with E-state index in [9.17, 15) is 14.4 Å². The minimum atomic E-state index is -0.934. The first-order valence-corrected chi connectivity index (χ1v) is 17.7. The van der Waals surface area contributed by atoms with E-state index in [0.717, 1.165) is 72.5 Å². The maximum atomic E-state index is 14.0. The summed E-state index contributed by atoms with van der Waals surface area (Å²) in [5.41, 5.74) is 3.68. The number of anilines is 1. The van der Waals surface area contributed by atoms with Crippen LogP contribution < -0.4 is 10.1 Å². The molecule has 0 bridgehead atoms. The van der Waals surface area contributed by atoms with E-state index in [-0.39, 0.29) is 24.4 Å². The molecule has 3 fully saturated rings. The Morgan fingerprint density at radius 1 is 0.898 bits per heavy atom. The molecule has 1 atom stereocenters. The van der Waals surface area contributed by atoms with Crippen molar-refractivity contribution in [2.75, 3.05) is 78.4 Å². The molecule has 2 aromatic carbocycles. The van der Waals surface area contributed by atoms with Crippen molar-refractivity contribution in [3.05, 3.63) is 53.7 Å². The molecule has 0 spiro atoms. The molecule has 3 aromatic rings. The van der Waals surface area contributed by atoms with Gasteiger partial charge in [0.2, 0.25) is 0 Å². The second-order valence-electron chi connectivity index (χ2n) is 13.9. The van der Waals surface area contributed by atoms with Gasteiger partial charge in [-0.05, 0) is 93.7 Å². The molecule has 262 valence electrons. The van der Waals surface area contributed by atoms with Crippen molar-refractivity contribution < 1.29 is 23.9 Å². The molecular weight excluding hydrogens is 624 g/mol. The van der Waals surface area contributed by atoms with Gasteiger partial charge in [0.15, 0.2) is 6.10 Å². The minimum Gasteiger partial charge on any atom is -0.497 e. The van der Waals surface area contributed by atoms with Crippen molar-refractivity contribution in [3.63, 3.8) is 0 Å². The fourth-order valence-corrected chi connectivity index (χ4v) is 7.84. The van der Waals surface area contributed by atoms with Crippen LogP contribution in [0.15, 0.2) is 42.6 Å². The molecule has 1 aromatic heterocycles. The van der Waals surface area contributed by atoms with E-state index < -0.39 is 12.2 Å². The van der Waals surface area contributed by atoms with Crippen LogP contribution in [0.3, 0.4) is 0 Å². The number of ether oxygens (including phenoxy) is 2. The molecule has 0 aliphatic carbocycles. The van der Waals surface area contributed by atoms with Crippen molar-refractivity contribution >= 4 is 34.6 Å². The third kappa shape index (κ3) is 7.47. The number of fused-ring (bicyclic) bond motifs is 2. The summed E-state index contributed by atoms with van der Waals surface area (Å²) >= 11 is 0. The number of carbonyl (C=O) groups excluding carboxylic acids is 3. The Labute approximate surface area is 287 Å². The number of piperazine rings is 1. The van der Waals surface area contributed by atoms with Crippen molar-refractivity contribution in [3.8, 4) is 5.75 Å². The second kappa shape index (κ2) is 14.6. The second-order valence-corrected chi connectivity index (χ2v) is 13.9. The highest BCUT2D eigenvalue weighted by Crippen LogP contribution is 2.28. The Morgan fingerprint density at radius 2 is 1.65 bits per heavy atom. The molecule has 0 radical (unpaired) electrons. The summed E-state index contributed by atoms with van der Waals surface area (Å²) in [5.74, 6) is 0.623. The van der Waals surface area contributed by atoms with Crippen LogP contribution in [-0.4, -0.2) is 144 Å². The van der Waals surface area contributed by atoms with Crippen LogP contribution in [0.2, 0.25) is 0 Å². The highest BCUT2D eigenvalue weighted by Gasteiger charge is 2.36. The van der Waals surface area contributed by atoms with Gasteiger partial charge in [-0.3, -0.25) is 14.8 Å². The first-order valence-electron chi connectivity index (χ1n) is 17.7. The van der Waals surface area contributed by atoms with Gasteiger partial charge in [0.05, 0.1) is 18.8 Å². The van der Waals surface area contributed by atoms with Gasteiger partial charge in [-0.15, -0.1) is 0 Å². The first-order chi connectivity index (χ1) is 23.8. The number of piperidine rings is 2. The highest BCUT2D eigenvalue weighted by molar-refractivity contribution is 5.91. The highest BCUT2D eigenvalue weighted by atomic mass is 16.6. The summed E-state index contributed by atoms with van der Waals surface area (Å²) in [6.45, 7) is 6.61. The van der Waals surface area contributed by atoms with Crippen LogP contribution in [0.1, 0.15) is 36.8 Å². The van der Waals surface area contributed by atoms with E-state index in [4.69, 9.17) is 9.47 Å². The number of hydrogen-bond donors (Lipinski definition) is 2. The molecule has 0 saturated carbocycles. The summed E-state index contributed by atoms with van der Waals surface area (Å²) in [6.07, 6.45) is 4.93. The lowest BCUT2D eigenvalue weighted by Gasteiger charge is -2.42. The Kier molecular flexibility index (Phi) is 9.90. The fourth-order valence-electron chi connectivity index (χ4n) is 7.84. The number of amides is 4. The molecule has 2 N–H and O–H groups in total. The van der Waals surface area contributed by atoms with Crippen LogP contribution in [0.5, 0.6) is 5.75 Å². The average molecular weight is 673 g/mol. The van der Waals surface area contributed by atoms with Crippen LogP contribution in [-0.2, 0) is 22.4 Å². The number of H-pyrrole nitrogens is 1. The molecule has 4 aliphatic rings. The van der Waals surface area contributed by atoms with E-state index in [1.54, 1.807) is 18.2 Å². The van der Waals surface area contributed by atoms with Crippen molar-refractivity contribution in [2.24, 2.45) is 0 Å². The van der Waals surface area contributed by atoms with E-state index in [1.807, 2.05) is 46.2 Å². The molecule has 5 heterocycles. The number of likely N-dealkylation sites (tertiary alicyclic amines) is 2. The molecule has 7 rings (SSSR count).